The summed E-state index contributed by atoms with van der Waals surface area (Å²) in [4.78, 5) is 25.1. The van der Waals surface area contributed by atoms with Crippen LogP contribution in [0, 0.1) is 13.8 Å². The molecule has 0 saturated heterocycles. The Labute approximate surface area is 178 Å². The number of aryl methyl sites for hydroxylation is 2. The Balaban J connectivity index is 1.75. The van der Waals surface area contributed by atoms with Crippen LogP contribution in [0.3, 0.4) is 0 Å². The van der Waals surface area contributed by atoms with E-state index in [4.69, 9.17) is 4.98 Å². The second kappa shape index (κ2) is 8.04. The number of anilines is 2. The first-order chi connectivity index (χ1) is 14.4. The normalized spacial score (nSPS) is 10.9. The van der Waals surface area contributed by atoms with Gasteiger partial charge in [-0.2, -0.15) is 0 Å². The van der Waals surface area contributed by atoms with Crippen molar-refractivity contribution in [1.29, 1.82) is 0 Å². The average Bonchev–Trinajstić information content (AvgIpc) is 3.16. The van der Waals surface area contributed by atoms with Gasteiger partial charge in [0.1, 0.15) is 11.5 Å². The van der Waals surface area contributed by atoms with Crippen LogP contribution in [-0.2, 0) is 6.42 Å². The van der Waals surface area contributed by atoms with Gasteiger partial charge in [-0.15, -0.1) is 17.9 Å². The summed E-state index contributed by atoms with van der Waals surface area (Å²) in [5.74, 6) is 0.359. The highest BCUT2D eigenvalue weighted by molar-refractivity contribution is 7.09. The molecule has 7 heteroatoms. The van der Waals surface area contributed by atoms with E-state index in [1.54, 1.807) is 23.5 Å². The lowest BCUT2D eigenvalue weighted by molar-refractivity contribution is 0.0697. The predicted molar refractivity (Wildman–Crippen MR) is 121 cm³/mol. The first-order valence-corrected chi connectivity index (χ1v) is 10.3. The zero-order chi connectivity index (χ0) is 21.3. The van der Waals surface area contributed by atoms with E-state index in [1.807, 2.05) is 49.6 Å². The number of nitrogens with one attached hydrogen (secondary N) is 1. The summed E-state index contributed by atoms with van der Waals surface area (Å²) in [6.07, 6.45) is 2.47. The molecule has 2 heterocycles. The maximum atomic E-state index is 11.2. The van der Waals surface area contributed by atoms with Crippen LogP contribution in [0.25, 0.3) is 22.3 Å². The van der Waals surface area contributed by atoms with Gasteiger partial charge in [0, 0.05) is 22.3 Å². The van der Waals surface area contributed by atoms with Crippen LogP contribution in [0.1, 0.15) is 26.6 Å². The van der Waals surface area contributed by atoms with Crippen LogP contribution >= 0.6 is 11.3 Å². The van der Waals surface area contributed by atoms with Crippen molar-refractivity contribution >= 4 is 39.6 Å². The second-order valence-corrected chi connectivity index (χ2v) is 7.97. The third kappa shape index (κ3) is 3.92. The standard InChI is InChI=1S/C23H20N4O2S/c1-4-5-19-13(2)24-22(20-12-30-14(3)25-20)27-21(19)26-18-9-8-15-10-17(23(28)29)7-6-16(15)11-18/h4,6-12H,1,5H2,2-3H3,(H,28,29)(H,24,26,27). The molecule has 4 rings (SSSR count). The minimum Gasteiger partial charge on any atom is -0.478 e. The number of hydrogen-bond donors (Lipinski definition) is 2. The SMILES string of the molecule is C=CCc1c(C)nc(-c2csc(C)n2)nc1Nc1ccc2cc(C(=O)O)ccc2c1. The highest BCUT2D eigenvalue weighted by Crippen LogP contribution is 2.28. The number of hydrogen-bond acceptors (Lipinski definition) is 6. The lowest BCUT2D eigenvalue weighted by atomic mass is 10.1. The molecule has 4 aromatic rings. The van der Waals surface area contributed by atoms with E-state index in [0.717, 1.165) is 38.4 Å². The molecule has 2 N–H and O–H groups in total. The monoisotopic (exact) mass is 416 g/mol. The average molecular weight is 417 g/mol. The summed E-state index contributed by atoms with van der Waals surface area (Å²) < 4.78 is 0. The first-order valence-electron chi connectivity index (χ1n) is 9.39. The second-order valence-electron chi connectivity index (χ2n) is 6.91. The van der Waals surface area contributed by atoms with E-state index in [2.05, 4.69) is 21.9 Å². The summed E-state index contributed by atoms with van der Waals surface area (Å²) in [6.45, 7) is 7.77. The van der Waals surface area contributed by atoms with Gasteiger partial charge in [0.05, 0.1) is 10.6 Å². The molecule has 0 fully saturated rings. The van der Waals surface area contributed by atoms with E-state index < -0.39 is 5.97 Å². The fourth-order valence-electron chi connectivity index (χ4n) is 3.26. The molecule has 6 nitrogen and oxygen atoms in total. The highest BCUT2D eigenvalue weighted by Gasteiger charge is 2.14. The Morgan fingerprint density at radius 1 is 1.13 bits per heavy atom. The van der Waals surface area contributed by atoms with Crippen molar-refractivity contribution in [2.45, 2.75) is 20.3 Å². The number of aromatic carboxylic acids is 1. The van der Waals surface area contributed by atoms with Crippen molar-refractivity contribution in [2.24, 2.45) is 0 Å². The Morgan fingerprint density at radius 3 is 2.60 bits per heavy atom. The van der Waals surface area contributed by atoms with Crippen molar-refractivity contribution in [3.63, 3.8) is 0 Å². The molecule has 0 unspecified atom stereocenters. The highest BCUT2D eigenvalue weighted by atomic mass is 32.1. The molecule has 2 aromatic heterocycles. The summed E-state index contributed by atoms with van der Waals surface area (Å²) in [5.41, 5.74) is 3.73. The zero-order valence-corrected chi connectivity index (χ0v) is 17.5. The zero-order valence-electron chi connectivity index (χ0n) is 16.6. The van der Waals surface area contributed by atoms with Gasteiger partial charge in [-0.25, -0.2) is 19.7 Å². The van der Waals surface area contributed by atoms with Crippen LogP contribution in [-0.4, -0.2) is 26.0 Å². The summed E-state index contributed by atoms with van der Waals surface area (Å²) in [5, 5.41) is 17.3. The lowest BCUT2D eigenvalue weighted by Gasteiger charge is -2.14. The van der Waals surface area contributed by atoms with E-state index >= 15 is 0 Å². The maximum Gasteiger partial charge on any atom is 0.335 e. The van der Waals surface area contributed by atoms with E-state index in [1.165, 1.54) is 0 Å². The fraction of sp³-hybridized carbons (Fsp3) is 0.130. The molecule has 0 aliphatic heterocycles. The van der Waals surface area contributed by atoms with E-state index in [-0.39, 0.29) is 5.56 Å². The summed E-state index contributed by atoms with van der Waals surface area (Å²) in [6, 6.07) is 10.9. The molecule has 2 aromatic carbocycles. The molecule has 30 heavy (non-hydrogen) atoms. The van der Waals surface area contributed by atoms with Crippen LogP contribution in [0.5, 0.6) is 0 Å². The number of fused-ring (bicyclic) bond motifs is 1. The van der Waals surface area contributed by atoms with Crippen molar-refractivity contribution < 1.29 is 9.90 Å². The van der Waals surface area contributed by atoms with Gasteiger partial charge in [-0.1, -0.05) is 18.2 Å². The van der Waals surface area contributed by atoms with Crippen molar-refractivity contribution in [2.75, 3.05) is 5.32 Å². The largest absolute Gasteiger partial charge is 0.478 e. The number of thiazole rings is 1. The topological polar surface area (TPSA) is 88.0 Å². The number of carboxylic acid groups (broad SMARTS) is 1. The number of carbonyl (C=O) groups is 1. The Morgan fingerprint density at radius 2 is 1.90 bits per heavy atom. The van der Waals surface area contributed by atoms with E-state index in [9.17, 15) is 9.90 Å². The molecule has 0 amide bonds. The molecule has 0 radical (unpaired) electrons. The van der Waals surface area contributed by atoms with Gasteiger partial charge in [0.25, 0.3) is 0 Å². The number of allylic oxidation sites excluding steroid dienone is 1. The Kier molecular flexibility index (Phi) is 5.29. The smallest absolute Gasteiger partial charge is 0.335 e. The maximum absolute atomic E-state index is 11.2. The molecule has 0 bridgehead atoms. The third-order valence-corrected chi connectivity index (χ3v) is 5.53. The van der Waals surface area contributed by atoms with Gasteiger partial charge in [-0.05, 0) is 55.3 Å². The van der Waals surface area contributed by atoms with Gasteiger partial charge in [0.2, 0.25) is 0 Å². The van der Waals surface area contributed by atoms with Crippen LogP contribution in [0.2, 0.25) is 0 Å². The number of rotatable bonds is 6. The van der Waals surface area contributed by atoms with Crippen molar-refractivity contribution in [3.8, 4) is 11.5 Å². The molecular formula is C23H20N4O2S. The minimum absolute atomic E-state index is 0.270. The number of benzene rings is 2. The fourth-order valence-corrected chi connectivity index (χ4v) is 3.85. The van der Waals surface area contributed by atoms with Crippen molar-refractivity contribution in [3.05, 3.63) is 76.3 Å². The molecular weight excluding hydrogens is 396 g/mol. The molecule has 0 aliphatic rings. The molecule has 0 aliphatic carbocycles. The van der Waals surface area contributed by atoms with Gasteiger partial charge in [0.15, 0.2) is 5.82 Å². The van der Waals surface area contributed by atoms with Crippen LogP contribution in [0.4, 0.5) is 11.5 Å². The molecule has 150 valence electrons. The van der Waals surface area contributed by atoms with Gasteiger partial charge >= 0.3 is 5.97 Å². The molecule has 0 atom stereocenters. The quantitative estimate of drug-likeness (QED) is 0.401. The summed E-state index contributed by atoms with van der Waals surface area (Å²) in [7, 11) is 0. The Hall–Kier alpha value is -3.58. The Bertz CT molecular complexity index is 1280. The number of aromatic nitrogens is 3. The number of nitrogens with zero attached hydrogens (tertiary/aromatic N) is 3. The van der Waals surface area contributed by atoms with E-state index in [0.29, 0.717) is 18.1 Å². The summed E-state index contributed by atoms with van der Waals surface area (Å²) >= 11 is 1.56. The minimum atomic E-state index is -0.936. The number of carboxylic acids is 1. The lowest BCUT2D eigenvalue weighted by Crippen LogP contribution is -2.05. The van der Waals surface area contributed by atoms with Gasteiger partial charge in [-0.3, -0.25) is 0 Å². The third-order valence-electron chi connectivity index (χ3n) is 4.76. The van der Waals surface area contributed by atoms with Crippen LogP contribution < -0.4 is 5.32 Å². The molecule has 0 saturated carbocycles. The van der Waals surface area contributed by atoms with Crippen LogP contribution in [0.15, 0.2) is 54.4 Å². The first kappa shape index (κ1) is 19.7. The predicted octanol–water partition coefficient (Wildman–Crippen LogP) is 5.54. The van der Waals surface area contributed by atoms with Crippen molar-refractivity contribution in [1.82, 2.24) is 15.0 Å². The van der Waals surface area contributed by atoms with Gasteiger partial charge < -0.3 is 10.4 Å². The molecule has 0 spiro atoms.